The number of benzene rings is 3. The fraction of sp³-hybridized carbons (Fsp3) is 0.148. The summed E-state index contributed by atoms with van der Waals surface area (Å²) in [7, 11) is 3.17. The van der Waals surface area contributed by atoms with Crippen LogP contribution in [0.4, 0.5) is 5.69 Å². The molecular weight excluding hydrogens is 464 g/mol. The number of ether oxygens (including phenoxy) is 1. The number of rotatable bonds is 8. The molecule has 7 nitrogen and oxygen atoms in total. The minimum Gasteiger partial charge on any atom is -0.497 e. The van der Waals surface area contributed by atoms with Crippen LogP contribution >= 0.6 is 11.6 Å². The van der Waals surface area contributed by atoms with Crippen LogP contribution in [0.3, 0.4) is 0 Å². The molecule has 0 aliphatic heterocycles. The fourth-order valence-electron chi connectivity index (χ4n) is 3.66. The molecule has 178 valence electrons. The SMILES string of the molecule is COc1cccc(-c2nn(Cc3ccccc3)cc2C(=O)N(C)CC(=O)Nc2ccccc2Cl)c1. The van der Waals surface area contributed by atoms with Crippen molar-refractivity contribution in [3.8, 4) is 17.0 Å². The van der Waals surface area contributed by atoms with Gasteiger partial charge in [0, 0.05) is 18.8 Å². The average Bonchev–Trinajstić information content (AvgIpc) is 3.29. The monoisotopic (exact) mass is 488 g/mol. The number of aromatic nitrogens is 2. The van der Waals surface area contributed by atoms with Crippen LogP contribution < -0.4 is 10.1 Å². The Kier molecular flexibility index (Phi) is 7.48. The van der Waals surface area contributed by atoms with Gasteiger partial charge in [-0.25, -0.2) is 0 Å². The quantitative estimate of drug-likeness (QED) is 0.380. The fourth-order valence-corrected chi connectivity index (χ4v) is 3.84. The van der Waals surface area contributed by atoms with Gasteiger partial charge in [-0.15, -0.1) is 0 Å². The summed E-state index contributed by atoms with van der Waals surface area (Å²) < 4.78 is 7.08. The number of carbonyl (C=O) groups excluding carboxylic acids is 2. The average molecular weight is 489 g/mol. The van der Waals surface area contributed by atoms with Gasteiger partial charge in [-0.2, -0.15) is 5.10 Å². The smallest absolute Gasteiger partial charge is 0.257 e. The molecule has 0 spiro atoms. The maximum atomic E-state index is 13.4. The van der Waals surface area contributed by atoms with Crippen LogP contribution in [0.2, 0.25) is 5.02 Å². The van der Waals surface area contributed by atoms with Gasteiger partial charge in [-0.05, 0) is 29.8 Å². The summed E-state index contributed by atoms with van der Waals surface area (Å²) in [5, 5.41) is 7.88. The molecule has 2 amide bonds. The molecule has 0 aliphatic carbocycles. The minimum absolute atomic E-state index is 0.147. The van der Waals surface area contributed by atoms with Gasteiger partial charge in [-0.3, -0.25) is 14.3 Å². The van der Waals surface area contributed by atoms with Gasteiger partial charge in [0.25, 0.3) is 5.91 Å². The van der Waals surface area contributed by atoms with Crippen molar-refractivity contribution in [2.24, 2.45) is 0 Å². The zero-order valence-electron chi connectivity index (χ0n) is 19.4. The highest BCUT2D eigenvalue weighted by atomic mass is 35.5. The first-order chi connectivity index (χ1) is 16.9. The van der Waals surface area contributed by atoms with E-state index in [0.717, 1.165) is 11.1 Å². The number of nitrogens with one attached hydrogen (secondary N) is 1. The molecule has 4 rings (SSSR count). The summed E-state index contributed by atoms with van der Waals surface area (Å²) in [4.78, 5) is 27.4. The number of carbonyl (C=O) groups is 2. The van der Waals surface area contributed by atoms with Crippen molar-refractivity contribution in [1.82, 2.24) is 14.7 Å². The highest BCUT2D eigenvalue weighted by Crippen LogP contribution is 2.27. The van der Waals surface area contributed by atoms with Crippen LogP contribution in [0.5, 0.6) is 5.75 Å². The third kappa shape index (κ3) is 5.88. The number of methoxy groups -OCH3 is 1. The van der Waals surface area contributed by atoms with E-state index in [1.165, 1.54) is 4.90 Å². The van der Waals surface area contributed by atoms with Crippen molar-refractivity contribution in [3.63, 3.8) is 0 Å². The molecule has 1 aromatic heterocycles. The zero-order valence-corrected chi connectivity index (χ0v) is 20.2. The first-order valence-corrected chi connectivity index (χ1v) is 11.4. The molecule has 8 heteroatoms. The Morgan fingerprint density at radius 1 is 1.03 bits per heavy atom. The number of hydrogen-bond donors (Lipinski definition) is 1. The van der Waals surface area contributed by atoms with E-state index in [1.54, 1.807) is 49.3 Å². The minimum atomic E-state index is -0.353. The van der Waals surface area contributed by atoms with Crippen LogP contribution in [0, 0.1) is 0 Å². The van der Waals surface area contributed by atoms with Gasteiger partial charge in [-0.1, -0.05) is 66.2 Å². The molecule has 0 radical (unpaired) electrons. The van der Waals surface area contributed by atoms with Crippen molar-refractivity contribution < 1.29 is 14.3 Å². The lowest BCUT2D eigenvalue weighted by molar-refractivity contribution is -0.116. The highest BCUT2D eigenvalue weighted by molar-refractivity contribution is 6.33. The molecule has 4 aromatic rings. The molecule has 1 N–H and O–H groups in total. The molecule has 0 aliphatic rings. The summed E-state index contributed by atoms with van der Waals surface area (Å²) in [6.45, 7) is 0.354. The van der Waals surface area contributed by atoms with Gasteiger partial charge < -0.3 is 15.0 Å². The Balaban J connectivity index is 1.60. The summed E-state index contributed by atoms with van der Waals surface area (Å²) in [5.41, 5.74) is 3.20. The molecular formula is C27H25ClN4O3. The van der Waals surface area contributed by atoms with E-state index >= 15 is 0 Å². The number of halogens is 1. The maximum absolute atomic E-state index is 13.4. The number of nitrogens with zero attached hydrogens (tertiary/aromatic N) is 3. The molecule has 1 heterocycles. The molecule has 0 fully saturated rings. The van der Waals surface area contributed by atoms with E-state index in [2.05, 4.69) is 5.32 Å². The lowest BCUT2D eigenvalue weighted by atomic mass is 10.1. The summed E-state index contributed by atoms with van der Waals surface area (Å²) in [5.74, 6) is -0.0176. The van der Waals surface area contributed by atoms with Gasteiger partial charge in [0.2, 0.25) is 5.91 Å². The second-order valence-corrected chi connectivity index (χ2v) is 8.40. The Labute approximate surface area is 208 Å². The summed E-state index contributed by atoms with van der Waals surface area (Å²) in [6.07, 6.45) is 1.71. The number of anilines is 1. The molecule has 0 bridgehead atoms. The lowest BCUT2D eigenvalue weighted by Crippen LogP contribution is -2.35. The topological polar surface area (TPSA) is 76.5 Å². The second-order valence-electron chi connectivity index (χ2n) is 8.00. The van der Waals surface area contributed by atoms with Crippen LogP contribution in [-0.2, 0) is 11.3 Å². The van der Waals surface area contributed by atoms with Crippen LogP contribution in [0.1, 0.15) is 15.9 Å². The third-order valence-corrected chi connectivity index (χ3v) is 5.73. The largest absolute Gasteiger partial charge is 0.497 e. The van der Waals surface area contributed by atoms with Crippen molar-refractivity contribution in [2.45, 2.75) is 6.54 Å². The highest BCUT2D eigenvalue weighted by Gasteiger charge is 2.23. The van der Waals surface area contributed by atoms with E-state index in [-0.39, 0.29) is 18.4 Å². The van der Waals surface area contributed by atoms with E-state index in [1.807, 2.05) is 54.6 Å². The summed E-state index contributed by atoms with van der Waals surface area (Å²) >= 11 is 6.13. The first-order valence-electron chi connectivity index (χ1n) is 11.0. The Bertz CT molecular complexity index is 1340. The van der Waals surface area contributed by atoms with Crippen LogP contribution in [-0.4, -0.2) is 47.2 Å². The van der Waals surface area contributed by atoms with E-state index < -0.39 is 0 Å². The lowest BCUT2D eigenvalue weighted by Gasteiger charge is -2.17. The van der Waals surface area contributed by atoms with Crippen molar-refractivity contribution in [3.05, 3.63) is 101 Å². The van der Waals surface area contributed by atoms with Crippen molar-refractivity contribution in [1.29, 1.82) is 0 Å². The van der Waals surface area contributed by atoms with Gasteiger partial charge in [0.05, 0.1) is 36.5 Å². The van der Waals surface area contributed by atoms with Gasteiger partial charge >= 0.3 is 0 Å². The molecule has 0 atom stereocenters. The zero-order chi connectivity index (χ0) is 24.8. The molecule has 3 aromatic carbocycles. The summed E-state index contributed by atoms with van der Waals surface area (Å²) in [6, 6.07) is 24.2. The first kappa shape index (κ1) is 24.0. The molecule has 0 saturated heterocycles. The van der Waals surface area contributed by atoms with Crippen molar-refractivity contribution in [2.75, 3.05) is 26.0 Å². The molecule has 0 saturated carbocycles. The predicted molar refractivity (Wildman–Crippen MR) is 137 cm³/mol. The van der Waals surface area contributed by atoms with E-state index in [0.29, 0.717) is 34.3 Å². The van der Waals surface area contributed by atoms with Crippen molar-refractivity contribution >= 4 is 29.1 Å². The predicted octanol–water partition coefficient (Wildman–Crippen LogP) is 4.97. The van der Waals surface area contributed by atoms with Crippen LogP contribution in [0.15, 0.2) is 85.1 Å². The Morgan fingerprint density at radius 2 is 1.77 bits per heavy atom. The van der Waals surface area contributed by atoms with Gasteiger partial charge in [0.1, 0.15) is 11.4 Å². The van der Waals surface area contributed by atoms with Crippen LogP contribution in [0.25, 0.3) is 11.3 Å². The second kappa shape index (κ2) is 10.9. The maximum Gasteiger partial charge on any atom is 0.257 e. The normalized spacial score (nSPS) is 10.6. The molecule has 0 unspecified atom stereocenters. The standard InChI is InChI=1S/C27H25ClN4O3/c1-31(18-25(33)29-24-14-7-6-13-23(24)28)27(34)22-17-32(16-19-9-4-3-5-10-19)30-26(22)20-11-8-12-21(15-20)35-2/h3-15,17H,16,18H2,1-2H3,(H,29,33). The number of para-hydroxylation sites is 1. The van der Waals surface area contributed by atoms with E-state index in [9.17, 15) is 9.59 Å². The number of hydrogen-bond acceptors (Lipinski definition) is 4. The number of likely N-dealkylation sites (N-methyl/N-ethyl adjacent to an activating group) is 1. The van der Waals surface area contributed by atoms with E-state index in [4.69, 9.17) is 21.4 Å². The third-order valence-electron chi connectivity index (χ3n) is 5.40. The Morgan fingerprint density at radius 3 is 2.51 bits per heavy atom. The number of amides is 2. The Hall–Kier alpha value is -4.10. The van der Waals surface area contributed by atoms with Gasteiger partial charge in [0.15, 0.2) is 0 Å². The molecule has 35 heavy (non-hydrogen) atoms.